The summed E-state index contributed by atoms with van der Waals surface area (Å²) in [5, 5.41) is 5.34. The predicted molar refractivity (Wildman–Crippen MR) is 77.0 cm³/mol. The normalized spacial score (nSPS) is 12.2. The van der Waals surface area contributed by atoms with Crippen molar-refractivity contribution in [3.05, 3.63) is 27.7 Å². The first kappa shape index (κ1) is 14.0. The van der Waals surface area contributed by atoms with Gasteiger partial charge in [0.25, 0.3) is 0 Å². The van der Waals surface area contributed by atoms with Crippen LogP contribution in [-0.4, -0.2) is 21.6 Å². The molecular weight excluding hydrogens is 284 g/mol. The molecule has 7 heteroatoms. The van der Waals surface area contributed by atoms with Crippen LogP contribution in [0.5, 0.6) is 6.01 Å². The quantitative estimate of drug-likeness (QED) is 0.884. The summed E-state index contributed by atoms with van der Waals surface area (Å²) >= 11 is 7.53. The molecule has 0 aliphatic rings. The van der Waals surface area contributed by atoms with Crippen molar-refractivity contribution in [2.24, 2.45) is 0 Å². The smallest absolute Gasteiger partial charge is 0.322 e. The van der Waals surface area contributed by atoms with Gasteiger partial charge in [-0.15, -0.1) is 11.3 Å². The van der Waals surface area contributed by atoms with Gasteiger partial charge >= 0.3 is 6.01 Å². The number of halogens is 1. The summed E-state index contributed by atoms with van der Waals surface area (Å²) < 4.78 is 5.36. The maximum Gasteiger partial charge on any atom is 0.322 e. The minimum Gasteiger partial charge on any atom is -0.463 e. The lowest BCUT2D eigenvalue weighted by atomic mass is 10.3. The molecule has 0 radical (unpaired) electrons. The van der Waals surface area contributed by atoms with Crippen LogP contribution in [0.25, 0.3) is 0 Å². The highest BCUT2D eigenvalue weighted by atomic mass is 35.5. The van der Waals surface area contributed by atoms with Crippen molar-refractivity contribution in [2.75, 3.05) is 11.9 Å². The fourth-order valence-corrected chi connectivity index (χ4v) is 2.34. The van der Waals surface area contributed by atoms with E-state index in [2.05, 4.69) is 26.3 Å². The van der Waals surface area contributed by atoms with Gasteiger partial charge < -0.3 is 10.1 Å². The SMILES string of the molecule is CCCOc1nc(Cl)nc(NC(C)c2cccs2)n1. The average molecular weight is 299 g/mol. The molecule has 102 valence electrons. The molecule has 0 aliphatic heterocycles. The molecule has 5 nitrogen and oxygen atoms in total. The Morgan fingerprint density at radius 3 is 2.95 bits per heavy atom. The van der Waals surface area contributed by atoms with Crippen molar-refractivity contribution < 1.29 is 4.74 Å². The molecular formula is C12H15ClN4OS. The number of ether oxygens (including phenoxy) is 1. The number of aromatic nitrogens is 3. The Morgan fingerprint density at radius 1 is 1.42 bits per heavy atom. The molecule has 0 aliphatic carbocycles. The number of nitrogens with one attached hydrogen (secondary N) is 1. The zero-order valence-electron chi connectivity index (χ0n) is 10.8. The molecule has 2 rings (SSSR count). The van der Waals surface area contributed by atoms with Crippen molar-refractivity contribution in [1.29, 1.82) is 0 Å². The first-order valence-corrected chi connectivity index (χ1v) is 7.29. The zero-order valence-corrected chi connectivity index (χ0v) is 12.3. The van der Waals surface area contributed by atoms with Gasteiger partial charge in [0, 0.05) is 4.88 Å². The van der Waals surface area contributed by atoms with E-state index < -0.39 is 0 Å². The summed E-state index contributed by atoms with van der Waals surface area (Å²) in [6, 6.07) is 4.42. The highest BCUT2D eigenvalue weighted by Gasteiger charge is 2.11. The van der Waals surface area contributed by atoms with Crippen molar-refractivity contribution in [2.45, 2.75) is 26.3 Å². The second-order valence-electron chi connectivity index (χ2n) is 3.94. The lowest BCUT2D eigenvalue weighted by molar-refractivity contribution is 0.291. The summed E-state index contributed by atoms with van der Waals surface area (Å²) in [4.78, 5) is 13.4. The Bertz CT molecular complexity index is 520. The Kier molecular flexibility index (Phi) is 4.93. The van der Waals surface area contributed by atoms with Crippen LogP contribution in [0.2, 0.25) is 5.28 Å². The van der Waals surface area contributed by atoms with Crippen LogP contribution in [0, 0.1) is 0 Å². The maximum atomic E-state index is 5.86. The second-order valence-corrected chi connectivity index (χ2v) is 5.26. The second kappa shape index (κ2) is 6.68. The fourth-order valence-electron chi connectivity index (χ4n) is 1.46. The number of rotatable bonds is 6. The van der Waals surface area contributed by atoms with Gasteiger partial charge in [-0.05, 0) is 36.4 Å². The Hall–Kier alpha value is -1.40. The van der Waals surface area contributed by atoms with E-state index in [1.54, 1.807) is 11.3 Å². The Labute approximate surface area is 121 Å². The molecule has 0 saturated carbocycles. The third-order valence-electron chi connectivity index (χ3n) is 2.34. The van der Waals surface area contributed by atoms with Crippen LogP contribution >= 0.6 is 22.9 Å². The van der Waals surface area contributed by atoms with E-state index in [9.17, 15) is 0 Å². The molecule has 19 heavy (non-hydrogen) atoms. The molecule has 1 atom stereocenters. The number of anilines is 1. The number of nitrogens with zero attached hydrogens (tertiary/aromatic N) is 3. The highest BCUT2D eigenvalue weighted by Crippen LogP contribution is 2.22. The molecule has 0 spiro atoms. The Morgan fingerprint density at radius 2 is 2.26 bits per heavy atom. The number of thiophene rings is 1. The largest absolute Gasteiger partial charge is 0.463 e. The number of hydrogen-bond donors (Lipinski definition) is 1. The summed E-state index contributed by atoms with van der Waals surface area (Å²) in [6.45, 7) is 4.61. The molecule has 0 fully saturated rings. The molecule has 0 saturated heterocycles. The summed E-state index contributed by atoms with van der Waals surface area (Å²) in [5.74, 6) is 0.423. The molecule has 2 aromatic rings. The predicted octanol–water partition coefficient (Wildman–Crippen LogP) is 3.55. The first-order valence-electron chi connectivity index (χ1n) is 6.03. The van der Waals surface area contributed by atoms with E-state index >= 15 is 0 Å². The van der Waals surface area contributed by atoms with Crippen molar-refractivity contribution in [3.8, 4) is 6.01 Å². The van der Waals surface area contributed by atoms with Crippen LogP contribution in [0.15, 0.2) is 17.5 Å². The lowest BCUT2D eigenvalue weighted by Gasteiger charge is -2.12. The summed E-state index contributed by atoms with van der Waals surface area (Å²) in [6.07, 6.45) is 0.887. The molecule has 1 N–H and O–H groups in total. The van der Waals surface area contributed by atoms with E-state index in [0.717, 1.165) is 6.42 Å². The van der Waals surface area contributed by atoms with Crippen LogP contribution in [0.3, 0.4) is 0 Å². The van der Waals surface area contributed by atoms with E-state index in [0.29, 0.717) is 12.6 Å². The third kappa shape index (κ3) is 4.04. The van der Waals surface area contributed by atoms with Gasteiger partial charge in [0.2, 0.25) is 11.2 Å². The van der Waals surface area contributed by atoms with Crippen LogP contribution < -0.4 is 10.1 Å². The van der Waals surface area contributed by atoms with Gasteiger partial charge in [0.05, 0.1) is 12.6 Å². The van der Waals surface area contributed by atoms with Crippen molar-refractivity contribution in [1.82, 2.24) is 15.0 Å². The minimum absolute atomic E-state index is 0.109. The minimum atomic E-state index is 0.109. The molecule has 0 bridgehead atoms. The molecule has 0 aromatic carbocycles. The van der Waals surface area contributed by atoms with Gasteiger partial charge in [-0.2, -0.15) is 15.0 Å². The van der Waals surface area contributed by atoms with E-state index in [-0.39, 0.29) is 17.3 Å². The van der Waals surface area contributed by atoms with Gasteiger partial charge in [0.1, 0.15) is 0 Å². The number of hydrogen-bond acceptors (Lipinski definition) is 6. The van der Waals surface area contributed by atoms with E-state index in [4.69, 9.17) is 16.3 Å². The van der Waals surface area contributed by atoms with Crippen molar-refractivity contribution in [3.63, 3.8) is 0 Å². The molecule has 2 heterocycles. The van der Waals surface area contributed by atoms with E-state index in [1.807, 2.05) is 25.3 Å². The molecule has 1 unspecified atom stereocenters. The fraction of sp³-hybridized carbons (Fsp3) is 0.417. The van der Waals surface area contributed by atoms with E-state index in [1.165, 1.54) is 4.88 Å². The standard InChI is InChI=1S/C12H15ClN4OS/c1-3-6-18-12-16-10(13)15-11(17-12)14-8(2)9-5-4-7-19-9/h4-5,7-8H,3,6H2,1-2H3,(H,14,15,16,17). The highest BCUT2D eigenvalue weighted by molar-refractivity contribution is 7.10. The Balaban J connectivity index is 2.09. The topological polar surface area (TPSA) is 59.9 Å². The average Bonchev–Trinajstić information content (AvgIpc) is 2.89. The van der Waals surface area contributed by atoms with Gasteiger partial charge in [-0.1, -0.05) is 13.0 Å². The van der Waals surface area contributed by atoms with Gasteiger partial charge in [-0.25, -0.2) is 0 Å². The van der Waals surface area contributed by atoms with Gasteiger partial charge in [-0.3, -0.25) is 0 Å². The van der Waals surface area contributed by atoms with Crippen LogP contribution in [0.1, 0.15) is 31.2 Å². The van der Waals surface area contributed by atoms with Crippen LogP contribution in [0.4, 0.5) is 5.95 Å². The molecule has 2 aromatic heterocycles. The van der Waals surface area contributed by atoms with Crippen LogP contribution in [-0.2, 0) is 0 Å². The monoisotopic (exact) mass is 298 g/mol. The third-order valence-corrected chi connectivity index (χ3v) is 3.56. The summed E-state index contributed by atoms with van der Waals surface area (Å²) in [5.41, 5.74) is 0. The summed E-state index contributed by atoms with van der Waals surface area (Å²) in [7, 11) is 0. The maximum absolute atomic E-state index is 5.86. The lowest BCUT2D eigenvalue weighted by Crippen LogP contribution is -2.10. The molecule has 0 amide bonds. The zero-order chi connectivity index (χ0) is 13.7. The first-order chi connectivity index (χ1) is 9.19. The van der Waals surface area contributed by atoms with Crippen molar-refractivity contribution >= 4 is 28.9 Å². The van der Waals surface area contributed by atoms with Gasteiger partial charge in [0.15, 0.2) is 0 Å².